The quantitative estimate of drug-likeness (QED) is 0.283. The summed E-state index contributed by atoms with van der Waals surface area (Å²) in [5, 5.41) is 0. The molecule has 248 valence electrons. The Balaban J connectivity index is 1.11. The lowest BCUT2D eigenvalue weighted by Gasteiger charge is -2.63. The van der Waals surface area contributed by atoms with Crippen molar-refractivity contribution in [2.75, 3.05) is 5.73 Å². The predicted octanol–water partition coefficient (Wildman–Crippen LogP) is 12.3. The Morgan fingerprint density at radius 2 is 1.63 bits per heavy atom. The van der Waals surface area contributed by atoms with E-state index in [-0.39, 0.29) is 5.41 Å². The van der Waals surface area contributed by atoms with E-state index in [4.69, 9.17) is 10.5 Å². The molecule has 2 nitrogen and oxygen atoms in total. The minimum Gasteiger partial charge on any atom is -0.457 e. The van der Waals surface area contributed by atoms with Crippen molar-refractivity contribution in [1.82, 2.24) is 0 Å². The van der Waals surface area contributed by atoms with Crippen molar-refractivity contribution in [3.8, 4) is 11.5 Å². The fourth-order valence-corrected chi connectivity index (χ4v) is 12.3. The molecule has 4 fully saturated rings. The molecule has 0 saturated heterocycles. The van der Waals surface area contributed by atoms with Crippen molar-refractivity contribution in [3.63, 3.8) is 0 Å². The van der Waals surface area contributed by atoms with Crippen LogP contribution in [0, 0.1) is 52.3 Å². The summed E-state index contributed by atoms with van der Waals surface area (Å²) in [4.78, 5) is 0. The number of hydrogen-bond acceptors (Lipinski definition) is 2. The molecule has 4 saturated carbocycles. The number of allylic oxidation sites excluding steroid dienone is 4. The van der Waals surface area contributed by atoms with E-state index in [0.717, 1.165) is 65.0 Å². The van der Waals surface area contributed by atoms with Gasteiger partial charge in [-0.15, -0.1) is 0 Å². The van der Waals surface area contributed by atoms with Crippen LogP contribution in [0.5, 0.6) is 11.5 Å². The molecule has 0 heterocycles. The molecule has 0 aromatic heterocycles. The van der Waals surface area contributed by atoms with Crippen LogP contribution >= 0.6 is 0 Å². The van der Waals surface area contributed by atoms with Gasteiger partial charge in [0.25, 0.3) is 0 Å². The van der Waals surface area contributed by atoms with Crippen molar-refractivity contribution >= 4 is 5.69 Å². The molecule has 2 aromatic rings. The second kappa shape index (κ2) is 12.5. The zero-order valence-electron chi connectivity index (χ0n) is 29.6. The van der Waals surface area contributed by atoms with Crippen LogP contribution in [0.1, 0.15) is 124 Å². The summed E-state index contributed by atoms with van der Waals surface area (Å²) in [6.07, 6.45) is 25.4. The molecule has 2 N–H and O–H groups in total. The molecular weight excluding hydrogens is 558 g/mol. The standard InChI is InChI=1S/C44H61NO/c1-30(2)10-8-11-31(3)39-22-23-40-38-21-16-34-29-44(32-12-6-7-13-32,27-26-42(34,4)41(38)24-25-43(39,40)5)33-14-9-15-37(28-33)46-36-19-17-35(45)18-20-36/h6,9,12-15,17-20,28,30-31,34,38-41H,7-8,10-11,16,21-27,29,45H2,1-5H3. The van der Waals surface area contributed by atoms with Gasteiger partial charge in [-0.25, -0.2) is 0 Å². The maximum atomic E-state index is 6.38. The fourth-order valence-electron chi connectivity index (χ4n) is 12.3. The average Bonchev–Trinajstić information content (AvgIpc) is 3.70. The lowest BCUT2D eigenvalue weighted by molar-refractivity contribution is -0.122. The van der Waals surface area contributed by atoms with Gasteiger partial charge in [-0.2, -0.15) is 0 Å². The summed E-state index contributed by atoms with van der Waals surface area (Å²) in [5.74, 6) is 8.05. The second-order valence-electron chi connectivity index (χ2n) is 17.5. The van der Waals surface area contributed by atoms with Crippen LogP contribution in [0.3, 0.4) is 0 Å². The first-order valence-corrected chi connectivity index (χ1v) is 19.1. The van der Waals surface area contributed by atoms with Crippen LogP contribution in [-0.2, 0) is 5.41 Å². The molecule has 0 spiro atoms. The molecule has 0 bridgehead atoms. The van der Waals surface area contributed by atoms with E-state index >= 15 is 0 Å². The van der Waals surface area contributed by atoms with Gasteiger partial charge in [-0.1, -0.05) is 84.2 Å². The van der Waals surface area contributed by atoms with Gasteiger partial charge in [0.05, 0.1) is 0 Å². The van der Waals surface area contributed by atoms with E-state index in [9.17, 15) is 0 Å². The zero-order chi connectivity index (χ0) is 32.1. The molecular formula is C44H61NO. The molecule has 5 aliphatic carbocycles. The maximum Gasteiger partial charge on any atom is 0.127 e. The molecule has 9 unspecified atom stereocenters. The number of rotatable bonds is 9. The van der Waals surface area contributed by atoms with Crippen LogP contribution < -0.4 is 10.5 Å². The first-order chi connectivity index (χ1) is 22.1. The minimum atomic E-state index is 0.0809. The Labute approximate surface area is 280 Å². The van der Waals surface area contributed by atoms with Crippen LogP contribution in [0.15, 0.2) is 72.3 Å². The largest absolute Gasteiger partial charge is 0.457 e. The van der Waals surface area contributed by atoms with Crippen molar-refractivity contribution in [2.24, 2.45) is 52.3 Å². The van der Waals surface area contributed by atoms with E-state index in [0.29, 0.717) is 10.8 Å². The second-order valence-corrected chi connectivity index (χ2v) is 17.5. The lowest BCUT2D eigenvalue weighted by Crippen LogP contribution is -2.55. The Hall–Kier alpha value is -2.48. The summed E-state index contributed by atoms with van der Waals surface area (Å²) in [7, 11) is 0. The first-order valence-electron chi connectivity index (χ1n) is 19.1. The highest BCUT2D eigenvalue weighted by Crippen LogP contribution is 2.70. The van der Waals surface area contributed by atoms with Gasteiger partial charge in [0.1, 0.15) is 11.5 Å². The molecule has 0 radical (unpaired) electrons. The summed E-state index contributed by atoms with van der Waals surface area (Å²) < 4.78 is 6.38. The third-order valence-corrected chi connectivity index (χ3v) is 14.8. The number of hydrogen-bond donors (Lipinski definition) is 1. The van der Waals surface area contributed by atoms with E-state index in [1.54, 1.807) is 5.57 Å². The van der Waals surface area contributed by atoms with Gasteiger partial charge < -0.3 is 10.5 Å². The Bertz CT molecular complexity index is 1440. The Kier molecular flexibility index (Phi) is 8.73. The third kappa shape index (κ3) is 5.58. The topological polar surface area (TPSA) is 35.2 Å². The van der Waals surface area contributed by atoms with E-state index in [1.165, 1.54) is 82.6 Å². The van der Waals surface area contributed by atoms with E-state index in [2.05, 4.69) is 77.1 Å². The van der Waals surface area contributed by atoms with Gasteiger partial charge in [0.15, 0.2) is 0 Å². The van der Waals surface area contributed by atoms with Gasteiger partial charge >= 0.3 is 0 Å². The fraction of sp³-hybridized carbons (Fsp3) is 0.636. The van der Waals surface area contributed by atoms with Crippen LogP contribution in [-0.4, -0.2) is 0 Å². The summed E-state index contributed by atoms with van der Waals surface area (Å²) in [5.41, 5.74) is 10.8. The Morgan fingerprint density at radius 1 is 0.826 bits per heavy atom. The van der Waals surface area contributed by atoms with Crippen molar-refractivity contribution < 1.29 is 4.74 Å². The predicted molar refractivity (Wildman–Crippen MR) is 194 cm³/mol. The molecule has 5 aliphatic rings. The number of nitrogen functional groups attached to an aromatic ring is 1. The summed E-state index contributed by atoms with van der Waals surface area (Å²) >= 11 is 0. The summed E-state index contributed by atoms with van der Waals surface area (Å²) in [6, 6.07) is 16.9. The Morgan fingerprint density at radius 3 is 2.39 bits per heavy atom. The normalized spacial score (nSPS) is 37.3. The molecule has 7 rings (SSSR count). The molecule has 2 heteroatoms. The number of ether oxygens (including phenoxy) is 1. The van der Waals surface area contributed by atoms with E-state index < -0.39 is 0 Å². The highest BCUT2D eigenvalue weighted by Gasteiger charge is 2.62. The molecule has 9 atom stereocenters. The highest BCUT2D eigenvalue weighted by molar-refractivity contribution is 5.49. The van der Waals surface area contributed by atoms with Crippen LogP contribution in [0.4, 0.5) is 5.69 Å². The van der Waals surface area contributed by atoms with Crippen LogP contribution in [0.2, 0.25) is 0 Å². The minimum absolute atomic E-state index is 0.0809. The van der Waals surface area contributed by atoms with Gasteiger partial charge in [-0.05, 0) is 164 Å². The average molecular weight is 620 g/mol. The molecule has 2 aromatic carbocycles. The van der Waals surface area contributed by atoms with Gasteiger partial charge in [0, 0.05) is 11.1 Å². The third-order valence-electron chi connectivity index (χ3n) is 14.8. The van der Waals surface area contributed by atoms with E-state index in [1.807, 2.05) is 24.3 Å². The number of fused-ring (bicyclic) bond motifs is 5. The molecule has 0 amide bonds. The highest BCUT2D eigenvalue weighted by atomic mass is 16.5. The van der Waals surface area contributed by atoms with Crippen molar-refractivity contribution in [2.45, 2.75) is 124 Å². The van der Waals surface area contributed by atoms with Crippen molar-refractivity contribution in [1.29, 1.82) is 0 Å². The lowest BCUT2D eigenvalue weighted by atomic mass is 9.42. The monoisotopic (exact) mass is 619 g/mol. The van der Waals surface area contributed by atoms with Gasteiger partial charge in [0.2, 0.25) is 0 Å². The molecule has 46 heavy (non-hydrogen) atoms. The van der Waals surface area contributed by atoms with Crippen LogP contribution in [0.25, 0.3) is 0 Å². The van der Waals surface area contributed by atoms with Crippen molar-refractivity contribution in [3.05, 3.63) is 77.9 Å². The first kappa shape index (κ1) is 32.1. The number of anilines is 1. The molecule has 0 aliphatic heterocycles. The number of nitrogens with two attached hydrogens (primary N) is 1. The SMILES string of the molecule is CC(C)CCCC(C)C1CCC2C3CCC4CC(C5=CCC=C5)(c5cccc(Oc6ccc(N)cc6)c5)CCC4(C)C3CCC12C. The zero-order valence-corrected chi connectivity index (χ0v) is 29.6. The summed E-state index contributed by atoms with van der Waals surface area (Å²) in [6.45, 7) is 12.9. The smallest absolute Gasteiger partial charge is 0.127 e. The maximum absolute atomic E-state index is 6.38. The number of benzene rings is 2. The van der Waals surface area contributed by atoms with Gasteiger partial charge in [-0.3, -0.25) is 0 Å².